The van der Waals surface area contributed by atoms with Gasteiger partial charge in [0.1, 0.15) is 5.75 Å². The highest BCUT2D eigenvalue weighted by Gasteiger charge is 2.29. The minimum atomic E-state index is -0.933. The van der Waals surface area contributed by atoms with E-state index in [1.807, 2.05) is 25.1 Å². The second-order valence-corrected chi connectivity index (χ2v) is 6.42. The molecule has 2 atom stereocenters. The van der Waals surface area contributed by atoms with Crippen molar-refractivity contribution in [3.63, 3.8) is 0 Å². The Kier molecular flexibility index (Phi) is 6.01. The summed E-state index contributed by atoms with van der Waals surface area (Å²) in [4.78, 5) is 24.9. The van der Waals surface area contributed by atoms with E-state index in [4.69, 9.17) is 14.6 Å². The zero-order valence-corrected chi connectivity index (χ0v) is 14.7. The molecule has 1 fully saturated rings. The van der Waals surface area contributed by atoms with Crippen LogP contribution in [-0.4, -0.2) is 53.8 Å². The average molecular weight is 386 g/mol. The predicted octanol–water partition coefficient (Wildman–Crippen LogP) is 2.23. The van der Waals surface area contributed by atoms with Gasteiger partial charge in [-0.3, -0.25) is 9.59 Å². The molecule has 1 aliphatic rings. The lowest BCUT2D eigenvalue weighted by Crippen LogP contribution is -2.50. The maximum absolute atomic E-state index is 12.5. The quantitative estimate of drug-likeness (QED) is 0.840. The third-order valence-corrected chi connectivity index (χ3v) is 4.21. The van der Waals surface area contributed by atoms with Crippen LogP contribution in [0.15, 0.2) is 22.7 Å². The van der Waals surface area contributed by atoms with Crippen LogP contribution in [0.5, 0.6) is 5.75 Å². The van der Waals surface area contributed by atoms with Gasteiger partial charge >= 0.3 is 5.97 Å². The van der Waals surface area contributed by atoms with Crippen LogP contribution in [0.3, 0.4) is 0 Å². The Balaban J connectivity index is 1.97. The summed E-state index contributed by atoms with van der Waals surface area (Å²) in [6, 6.07) is 5.65. The number of aliphatic carboxylic acids is 1. The molecule has 126 valence electrons. The standard InChI is InChI=1S/C16H20BrNO5/c1-10-3-4-14(13(17)7-10)23-11(2)16(21)18-5-6-22-12(9-18)8-15(19)20/h3-4,7,11-12H,5-6,8-9H2,1-2H3,(H,19,20)/t11-,12+/m1/s1. The Bertz CT molecular complexity index is 592. The highest BCUT2D eigenvalue weighted by molar-refractivity contribution is 9.10. The SMILES string of the molecule is Cc1ccc(O[C@H](C)C(=O)N2CCO[C@@H](CC(=O)O)C2)c(Br)c1. The van der Waals surface area contributed by atoms with Gasteiger partial charge in [-0.1, -0.05) is 6.07 Å². The van der Waals surface area contributed by atoms with Gasteiger partial charge in [0.15, 0.2) is 6.10 Å². The number of carboxylic acid groups (broad SMARTS) is 1. The highest BCUT2D eigenvalue weighted by Crippen LogP contribution is 2.27. The summed E-state index contributed by atoms with van der Waals surface area (Å²) in [5.41, 5.74) is 1.09. The van der Waals surface area contributed by atoms with E-state index < -0.39 is 18.2 Å². The van der Waals surface area contributed by atoms with Gasteiger partial charge in [-0.2, -0.15) is 0 Å². The molecule has 2 rings (SSSR count). The summed E-state index contributed by atoms with van der Waals surface area (Å²) in [6.07, 6.45) is -1.23. The minimum absolute atomic E-state index is 0.109. The largest absolute Gasteiger partial charge is 0.481 e. The van der Waals surface area contributed by atoms with Crippen molar-refractivity contribution in [3.05, 3.63) is 28.2 Å². The van der Waals surface area contributed by atoms with E-state index in [9.17, 15) is 9.59 Å². The number of benzene rings is 1. The Labute approximate surface area is 143 Å². The van der Waals surface area contributed by atoms with Crippen LogP contribution in [0.25, 0.3) is 0 Å². The molecule has 23 heavy (non-hydrogen) atoms. The van der Waals surface area contributed by atoms with Gasteiger partial charge in [0.05, 0.1) is 23.6 Å². The third-order valence-electron chi connectivity index (χ3n) is 3.59. The molecule has 0 aliphatic carbocycles. The minimum Gasteiger partial charge on any atom is -0.481 e. The molecule has 1 aromatic carbocycles. The lowest BCUT2D eigenvalue weighted by Gasteiger charge is -2.33. The molecule has 1 aromatic rings. The summed E-state index contributed by atoms with van der Waals surface area (Å²) in [7, 11) is 0. The molecule has 1 amide bonds. The first-order chi connectivity index (χ1) is 10.9. The molecular weight excluding hydrogens is 366 g/mol. The van der Waals surface area contributed by atoms with Crippen LogP contribution in [0.1, 0.15) is 18.9 Å². The fourth-order valence-corrected chi connectivity index (χ4v) is 3.02. The van der Waals surface area contributed by atoms with Gasteiger partial charge in [-0.05, 0) is 47.5 Å². The van der Waals surface area contributed by atoms with E-state index in [0.29, 0.717) is 18.9 Å². The summed E-state index contributed by atoms with van der Waals surface area (Å²) in [5.74, 6) is -0.500. The topological polar surface area (TPSA) is 76.1 Å². The first kappa shape index (κ1) is 17.7. The number of nitrogens with zero attached hydrogens (tertiary/aromatic N) is 1. The van der Waals surface area contributed by atoms with Crippen molar-refractivity contribution in [2.24, 2.45) is 0 Å². The summed E-state index contributed by atoms with van der Waals surface area (Å²) < 4.78 is 11.9. The van der Waals surface area contributed by atoms with Gasteiger partial charge in [-0.25, -0.2) is 0 Å². The zero-order chi connectivity index (χ0) is 17.0. The van der Waals surface area contributed by atoms with Crippen LogP contribution < -0.4 is 4.74 Å². The maximum atomic E-state index is 12.5. The van der Waals surface area contributed by atoms with Crippen LogP contribution >= 0.6 is 15.9 Å². The van der Waals surface area contributed by atoms with E-state index >= 15 is 0 Å². The molecule has 1 aliphatic heterocycles. The van der Waals surface area contributed by atoms with Gasteiger partial charge in [0, 0.05) is 13.1 Å². The number of carbonyl (C=O) groups excluding carboxylic acids is 1. The Morgan fingerprint density at radius 2 is 2.26 bits per heavy atom. The molecule has 0 bridgehead atoms. The summed E-state index contributed by atoms with van der Waals surface area (Å²) >= 11 is 3.42. The lowest BCUT2D eigenvalue weighted by molar-refractivity contribution is -0.151. The smallest absolute Gasteiger partial charge is 0.306 e. The van der Waals surface area contributed by atoms with Crippen molar-refractivity contribution in [3.8, 4) is 5.75 Å². The van der Waals surface area contributed by atoms with Crippen molar-refractivity contribution >= 4 is 27.8 Å². The molecular formula is C16H20BrNO5. The number of hydrogen-bond acceptors (Lipinski definition) is 4. The van der Waals surface area contributed by atoms with E-state index in [-0.39, 0.29) is 18.9 Å². The summed E-state index contributed by atoms with van der Waals surface area (Å²) in [6.45, 7) is 4.71. The van der Waals surface area contributed by atoms with Gasteiger partial charge in [0.25, 0.3) is 5.91 Å². The molecule has 0 spiro atoms. The average Bonchev–Trinajstić information content (AvgIpc) is 2.49. The normalized spacial score (nSPS) is 19.3. The number of morpholine rings is 1. The molecule has 1 heterocycles. The van der Waals surface area contributed by atoms with Gasteiger partial charge in [0.2, 0.25) is 0 Å². The Hall–Kier alpha value is -1.60. The molecule has 7 heteroatoms. The number of aryl methyl sites for hydroxylation is 1. The molecule has 0 saturated carbocycles. The third kappa shape index (κ3) is 4.94. The number of carbonyl (C=O) groups is 2. The molecule has 1 saturated heterocycles. The Morgan fingerprint density at radius 3 is 2.91 bits per heavy atom. The van der Waals surface area contributed by atoms with Crippen LogP contribution in [0.4, 0.5) is 0 Å². The van der Waals surface area contributed by atoms with E-state index in [1.165, 1.54) is 0 Å². The molecule has 0 radical (unpaired) electrons. The fraction of sp³-hybridized carbons (Fsp3) is 0.500. The highest BCUT2D eigenvalue weighted by atomic mass is 79.9. The van der Waals surface area contributed by atoms with Crippen molar-refractivity contribution in [2.45, 2.75) is 32.5 Å². The van der Waals surface area contributed by atoms with E-state index in [0.717, 1.165) is 10.0 Å². The number of carboxylic acids is 1. The van der Waals surface area contributed by atoms with E-state index in [2.05, 4.69) is 15.9 Å². The van der Waals surface area contributed by atoms with E-state index in [1.54, 1.807) is 11.8 Å². The molecule has 1 N–H and O–H groups in total. The second-order valence-electron chi connectivity index (χ2n) is 5.57. The number of ether oxygens (including phenoxy) is 2. The molecule has 0 aromatic heterocycles. The number of halogens is 1. The predicted molar refractivity (Wildman–Crippen MR) is 87.5 cm³/mol. The Morgan fingerprint density at radius 1 is 1.52 bits per heavy atom. The number of hydrogen-bond donors (Lipinski definition) is 1. The van der Waals surface area contributed by atoms with Crippen molar-refractivity contribution in [1.29, 1.82) is 0 Å². The van der Waals surface area contributed by atoms with Crippen molar-refractivity contribution in [1.82, 2.24) is 4.90 Å². The molecule has 0 unspecified atom stereocenters. The van der Waals surface area contributed by atoms with Crippen LogP contribution in [-0.2, 0) is 14.3 Å². The summed E-state index contributed by atoms with van der Waals surface area (Å²) in [5, 5.41) is 8.83. The van der Waals surface area contributed by atoms with Crippen LogP contribution in [0.2, 0.25) is 0 Å². The first-order valence-electron chi connectivity index (χ1n) is 7.42. The zero-order valence-electron chi connectivity index (χ0n) is 13.1. The number of amides is 1. The maximum Gasteiger partial charge on any atom is 0.306 e. The van der Waals surface area contributed by atoms with Gasteiger partial charge < -0.3 is 19.5 Å². The second kappa shape index (κ2) is 7.79. The van der Waals surface area contributed by atoms with Gasteiger partial charge in [-0.15, -0.1) is 0 Å². The van der Waals surface area contributed by atoms with Crippen molar-refractivity contribution < 1.29 is 24.2 Å². The van der Waals surface area contributed by atoms with Crippen LogP contribution in [0, 0.1) is 6.92 Å². The molecule has 6 nitrogen and oxygen atoms in total. The fourth-order valence-electron chi connectivity index (χ4n) is 2.44. The lowest BCUT2D eigenvalue weighted by atomic mass is 10.2. The first-order valence-corrected chi connectivity index (χ1v) is 8.21. The number of rotatable bonds is 5. The monoisotopic (exact) mass is 385 g/mol. The van der Waals surface area contributed by atoms with Crippen molar-refractivity contribution in [2.75, 3.05) is 19.7 Å².